The lowest BCUT2D eigenvalue weighted by Gasteiger charge is -2.20. The van der Waals surface area contributed by atoms with Crippen LogP contribution in [-0.2, 0) is 0 Å². The minimum atomic E-state index is -0.0597. The van der Waals surface area contributed by atoms with E-state index >= 15 is 0 Å². The Labute approximate surface area is 157 Å². The summed E-state index contributed by atoms with van der Waals surface area (Å²) < 4.78 is 7.04. The van der Waals surface area contributed by atoms with E-state index < -0.39 is 0 Å². The summed E-state index contributed by atoms with van der Waals surface area (Å²) in [6, 6.07) is 3.88. The fraction of sp³-hybridized carbons (Fsp3) is 0.450. The highest BCUT2D eigenvalue weighted by atomic mass is 16.5. The van der Waals surface area contributed by atoms with Crippen LogP contribution in [0.1, 0.15) is 43.6 Å². The van der Waals surface area contributed by atoms with E-state index in [1.165, 1.54) is 6.33 Å². The molecule has 0 radical (unpaired) electrons. The first kappa shape index (κ1) is 17.6. The number of hydrogen-bond acceptors (Lipinski definition) is 6. The molecule has 27 heavy (non-hydrogen) atoms. The van der Waals surface area contributed by atoms with Crippen LogP contribution in [0.15, 0.2) is 23.3 Å². The van der Waals surface area contributed by atoms with Gasteiger partial charge < -0.3 is 4.74 Å². The van der Waals surface area contributed by atoms with Gasteiger partial charge >= 0.3 is 0 Å². The molecule has 7 nitrogen and oxygen atoms in total. The Hall–Kier alpha value is -2.83. The molecule has 1 fully saturated rings. The highest BCUT2D eigenvalue weighted by Crippen LogP contribution is 2.42. The van der Waals surface area contributed by atoms with E-state index in [1.807, 2.05) is 17.6 Å². The summed E-state index contributed by atoms with van der Waals surface area (Å²) >= 11 is 0. The zero-order valence-corrected chi connectivity index (χ0v) is 16.1. The van der Waals surface area contributed by atoms with Gasteiger partial charge in [0.25, 0.3) is 5.56 Å². The van der Waals surface area contributed by atoms with Gasteiger partial charge in [-0.05, 0) is 45.1 Å². The fourth-order valence-corrected chi connectivity index (χ4v) is 3.75. The summed E-state index contributed by atoms with van der Waals surface area (Å²) in [5, 5.41) is 0. The molecule has 3 heterocycles. The second-order valence-electron chi connectivity index (χ2n) is 7.07. The van der Waals surface area contributed by atoms with Gasteiger partial charge in [-0.2, -0.15) is 0 Å². The lowest BCUT2D eigenvalue weighted by molar-refractivity contribution is 0.397. The lowest BCUT2D eigenvalue weighted by Crippen LogP contribution is -2.29. The van der Waals surface area contributed by atoms with Gasteiger partial charge in [-0.1, -0.05) is 6.92 Å². The summed E-state index contributed by atoms with van der Waals surface area (Å²) in [5.41, 5.74) is 4.00. The van der Waals surface area contributed by atoms with Crippen LogP contribution < -0.4 is 10.3 Å². The zero-order chi connectivity index (χ0) is 19.1. The molecule has 3 aromatic heterocycles. The smallest absolute Gasteiger partial charge is 0.273 e. The first-order chi connectivity index (χ1) is 13.0. The first-order valence-electron chi connectivity index (χ1n) is 9.31. The van der Waals surface area contributed by atoms with Gasteiger partial charge in [0.1, 0.15) is 23.2 Å². The molecule has 4 rings (SSSR count). The molecule has 0 spiro atoms. The van der Waals surface area contributed by atoms with Crippen LogP contribution in [0.2, 0.25) is 0 Å². The molecule has 1 aliphatic carbocycles. The molecule has 0 aliphatic heterocycles. The van der Waals surface area contributed by atoms with Gasteiger partial charge in [0.15, 0.2) is 5.65 Å². The number of methoxy groups -OCH3 is 1. The summed E-state index contributed by atoms with van der Waals surface area (Å²) in [4.78, 5) is 30.9. The molecular weight excluding hydrogens is 342 g/mol. The first-order valence-corrected chi connectivity index (χ1v) is 9.31. The maximum absolute atomic E-state index is 12.9. The Kier molecular flexibility index (Phi) is 4.37. The minimum absolute atomic E-state index is 0.0597. The van der Waals surface area contributed by atoms with Crippen molar-refractivity contribution in [1.82, 2.24) is 24.5 Å². The standard InChI is InChI=1S/C20H23N5O2/c1-5-15(13-6-7-13)25-19-18(24-12(3)20(25)26)17(21-10-22-19)14-8-9-16(27-4)23-11(14)2/h8-10,13,15H,5-7H2,1-4H3/t15-/m1/s1. The number of pyridine rings is 1. The largest absolute Gasteiger partial charge is 0.481 e. The summed E-state index contributed by atoms with van der Waals surface area (Å²) in [7, 11) is 1.59. The highest BCUT2D eigenvalue weighted by molar-refractivity contribution is 5.87. The average molecular weight is 365 g/mol. The van der Waals surface area contributed by atoms with Crippen molar-refractivity contribution < 1.29 is 4.74 Å². The molecule has 7 heteroatoms. The third-order valence-corrected chi connectivity index (χ3v) is 5.28. The molecule has 1 aliphatic rings. The topological polar surface area (TPSA) is 82.8 Å². The molecule has 1 saturated carbocycles. The van der Waals surface area contributed by atoms with Crippen molar-refractivity contribution in [2.45, 2.75) is 46.1 Å². The number of fused-ring (bicyclic) bond motifs is 1. The van der Waals surface area contributed by atoms with Gasteiger partial charge in [0, 0.05) is 17.7 Å². The van der Waals surface area contributed by atoms with Crippen molar-refractivity contribution in [1.29, 1.82) is 0 Å². The van der Waals surface area contributed by atoms with Gasteiger partial charge in [-0.3, -0.25) is 9.36 Å². The Morgan fingerprint density at radius 2 is 1.96 bits per heavy atom. The monoisotopic (exact) mass is 365 g/mol. The predicted molar refractivity (Wildman–Crippen MR) is 103 cm³/mol. The van der Waals surface area contributed by atoms with Crippen LogP contribution in [0.3, 0.4) is 0 Å². The van der Waals surface area contributed by atoms with Gasteiger partial charge in [0.05, 0.1) is 12.8 Å². The van der Waals surface area contributed by atoms with E-state index in [0.717, 1.165) is 30.5 Å². The molecule has 0 aromatic carbocycles. The average Bonchev–Trinajstić information content (AvgIpc) is 3.50. The van der Waals surface area contributed by atoms with E-state index in [9.17, 15) is 4.79 Å². The third-order valence-electron chi connectivity index (χ3n) is 5.28. The quantitative estimate of drug-likeness (QED) is 0.690. The Morgan fingerprint density at radius 3 is 2.59 bits per heavy atom. The van der Waals surface area contributed by atoms with Crippen LogP contribution >= 0.6 is 0 Å². The summed E-state index contributed by atoms with van der Waals surface area (Å²) in [6.07, 6.45) is 4.72. The summed E-state index contributed by atoms with van der Waals surface area (Å²) in [6.45, 7) is 5.79. The van der Waals surface area contributed by atoms with E-state index in [4.69, 9.17) is 4.74 Å². The molecule has 3 aromatic rings. The van der Waals surface area contributed by atoms with Crippen LogP contribution in [-0.4, -0.2) is 31.6 Å². The Morgan fingerprint density at radius 1 is 1.19 bits per heavy atom. The zero-order valence-electron chi connectivity index (χ0n) is 16.1. The molecule has 0 bridgehead atoms. The molecule has 0 unspecified atom stereocenters. The molecule has 1 atom stereocenters. The highest BCUT2D eigenvalue weighted by Gasteiger charge is 2.33. The molecule has 0 N–H and O–H groups in total. The Bertz CT molecular complexity index is 1070. The lowest BCUT2D eigenvalue weighted by atomic mass is 10.1. The predicted octanol–water partition coefficient (Wildman–Crippen LogP) is 3.24. The number of hydrogen-bond donors (Lipinski definition) is 0. The van der Waals surface area contributed by atoms with Crippen molar-refractivity contribution in [3.8, 4) is 17.1 Å². The number of ether oxygens (including phenoxy) is 1. The van der Waals surface area contributed by atoms with Gasteiger partial charge in [-0.25, -0.2) is 19.9 Å². The molecular formula is C20H23N5O2. The number of nitrogens with zero attached hydrogens (tertiary/aromatic N) is 5. The van der Waals surface area contributed by atoms with Crippen molar-refractivity contribution in [2.75, 3.05) is 7.11 Å². The van der Waals surface area contributed by atoms with E-state index in [2.05, 4.69) is 26.9 Å². The van der Waals surface area contributed by atoms with Crippen molar-refractivity contribution in [2.24, 2.45) is 5.92 Å². The maximum atomic E-state index is 12.9. The third kappa shape index (κ3) is 2.97. The number of aromatic nitrogens is 5. The van der Waals surface area contributed by atoms with Crippen molar-refractivity contribution in [3.05, 3.63) is 40.2 Å². The number of aryl methyl sites for hydroxylation is 2. The minimum Gasteiger partial charge on any atom is -0.481 e. The second kappa shape index (κ2) is 6.72. The van der Waals surface area contributed by atoms with E-state index in [-0.39, 0.29) is 11.6 Å². The van der Waals surface area contributed by atoms with Gasteiger partial charge in [0.2, 0.25) is 5.88 Å². The van der Waals surface area contributed by atoms with Gasteiger partial charge in [-0.15, -0.1) is 0 Å². The van der Waals surface area contributed by atoms with E-state index in [1.54, 1.807) is 20.1 Å². The normalized spacial score (nSPS) is 15.1. The second-order valence-corrected chi connectivity index (χ2v) is 7.07. The Balaban J connectivity index is 1.99. The van der Waals surface area contributed by atoms with Crippen LogP contribution in [0, 0.1) is 19.8 Å². The van der Waals surface area contributed by atoms with Crippen molar-refractivity contribution in [3.63, 3.8) is 0 Å². The van der Waals surface area contributed by atoms with Crippen LogP contribution in [0.25, 0.3) is 22.4 Å². The van der Waals surface area contributed by atoms with Crippen LogP contribution in [0.5, 0.6) is 5.88 Å². The number of rotatable bonds is 5. The maximum Gasteiger partial charge on any atom is 0.273 e. The van der Waals surface area contributed by atoms with Crippen LogP contribution in [0.4, 0.5) is 0 Å². The van der Waals surface area contributed by atoms with Crippen molar-refractivity contribution >= 4 is 11.2 Å². The SMILES string of the molecule is CC[C@H](C1CC1)n1c(=O)c(C)nc2c(-c3ccc(OC)nc3C)ncnc21. The molecule has 0 amide bonds. The van der Waals surface area contributed by atoms with E-state index in [0.29, 0.717) is 34.3 Å². The summed E-state index contributed by atoms with van der Waals surface area (Å²) in [5.74, 6) is 1.09. The molecule has 140 valence electrons. The fourth-order valence-electron chi connectivity index (χ4n) is 3.75. The molecule has 0 saturated heterocycles.